The lowest BCUT2D eigenvalue weighted by Crippen LogP contribution is -2.00. The Balaban J connectivity index is 2.33. The van der Waals surface area contributed by atoms with Gasteiger partial charge < -0.3 is 5.11 Å². The molecule has 0 saturated heterocycles. The Morgan fingerprint density at radius 2 is 0.459 bits per heavy atom. The maximum atomic E-state index is 11.4. The molecule has 61 heavy (non-hydrogen) atoms. The number of hydrogen-bond acceptors (Lipinski definition) is 1. The van der Waals surface area contributed by atoms with Crippen molar-refractivity contribution < 1.29 is 5.11 Å². The van der Waals surface area contributed by atoms with Crippen LogP contribution in [-0.4, -0.2) is 5.11 Å². The average Bonchev–Trinajstić information content (AvgIpc) is 3.26. The molecule has 1 aromatic rings. The van der Waals surface area contributed by atoms with E-state index in [0.29, 0.717) is 5.75 Å². The minimum absolute atomic E-state index is 0.612. The highest BCUT2D eigenvalue weighted by Gasteiger charge is 2.11. The van der Waals surface area contributed by atoms with E-state index < -0.39 is 0 Å². The van der Waals surface area contributed by atoms with Gasteiger partial charge >= 0.3 is 0 Å². The van der Waals surface area contributed by atoms with Gasteiger partial charge in [0.2, 0.25) is 0 Å². The number of unbranched alkanes of at least 4 members (excludes halogenated alkanes) is 45. The molecule has 0 atom stereocenters. The highest BCUT2D eigenvalue weighted by atomic mass is 16.3. The molecule has 0 radical (unpaired) electrons. The Labute approximate surface area is 386 Å². The van der Waals surface area contributed by atoms with Gasteiger partial charge in [-0.25, -0.2) is 0 Å². The van der Waals surface area contributed by atoms with Gasteiger partial charge in [-0.05, 0) is 61.3 Å². The summed E-state index contributed by atoms with van der Waals surface area (Å²) < 4.78 is 0. The quantitative estimate of drug-likeness (QED) is 0.0648. The summed E-state index contributed by atoms with van der Waals surface area (Å²) in [4.78, 5) is 0. The summed E-state index contributed by atoms with van der Waals surface area (Å²) in [5.74, 6) is 0.612. The topological polar surface area (TPSA) is 20.2 Å². The minimum atomic E-state index is 0.612. The predicted molar refractivity (Wildman–Crippen MR) is 278 cm³/mol. The lowest BCUT2D eigenvalue weighted by atomic mass is 9.92. The van der Waals surface area contributed by atoms with Crippen molar-refractivity contribution in [1.82, 2.24) is 0 Å². The number of aryl methyl sites for hydroxylation is 2. The normalized spacial score (nSPS) is 11.7. The van der Waals surface area contributed by atoms with Crippen LogP contribution in [-0.2, 0) is 19.3 Å². The molecular formula is C60H114O. The van der Waals surface area contributed by atoms with Crippen molar-refractivity contribution >= 4 is 0 Å². The molecule has 0 aliphatic heterocycles. The van der Waals surface area contributed by atoms with Crippen LogP contribution in [0.1, 0.15) is 346 Å². The fourth-order valence-electron chi connectivity index (χ4n) is 10.0. The SMILES string of the molecule is CCCCCCCCCCCCCCCCCCc1cc(O)c(CCCCCCCCCCCCCCCCCC)c(CCCCCCCCCCCCCCCCCC)c1. The molecule has 0 spiro atoms. The van der Waals surface area contributed by atoms with Crippen LogP contribution in [0.15, 0.2) is 12.1 Å². The van der Waals surface area contributed by atoms with Crippen molar-refractivity contribution in [2.45, 2.75) is 348 Å². The molecule has 0 fully saturated rings. The third-order valence-electron chi connectivity index (χ3n) is 14.3. The van der Waals surface area contributed by atoms with Gasteiger partial charge in [-0.15, -0.1) is 0 Å². The second-order valence-electron chi connectivity index (χ2n) is 20.4. The lowest BCUT2D eigenvalue weighted by molar-refractivity contribution is 0.462. The highest BCUT2D eigenvalue weighted by molar-refractivity contribution is 5.43. The van der Waals surface area contributed by atoms with Gasteiger partial charge in [0.15, 0.2) is 0 Å². The molecule has 0 saturated carbocycles. The van der Waals surface area contributed by atoms with Crippen molar-refractivity contribution in [2.75, 3.05) is 0 Å². The van der Waals surface area contributed by atoms with Gasteiger partial charge in [0, 0.05) is 0 Å². The fourth-order valence-corrected chi connectivity index (χ4v) is 10.0. The molecule has 0 bridgehead atoms. The fraction of sp³-hybridized carbons (Fsp3) is 0.900. The second kappa shape index (κ2) is 48.5. The number of rotatable bonds is 51. The van der Waals surface area contributed by atoms with Crippen LogP contribution in [0.2, 0.25) is 0 Å². The summed E-state index contributed by atoms with van der Waals surface area (Å²) in [5.41, 5.74) is 4.17. The molecule has 360 valence electrons. The van der Waals surface area contributed by atoms with E-state index >= 15 is 0 Å². The molecule has 0 aliphatic carbocycles. The third-order valence-corrected chi connectivity index (χ3v) is 14.3. The Morgan fingerprint density at radius 1 is 0.246 bits per heavy atom. The summed E-state index contributed by atoms with van der Waals surface area (Å²) in [6.45, 7) is 6.93. The molecule has 1 rings (SSSR count). The Kier molecular flexibility index (Phi) is 46.1. The first-order chi connectivity index (χ1) is 30.2. The maximum absolute atomic E-state index is 11.4. The van der Waals surface area contributed by atoms with Gasteiger partial charge in [0.25, 0.3) is 0 Å². The number of phenols is 1. The van der Waals surface area contributed by atoms with Gasteiger partial charge in [0.05, 0.1) is 0 Å². The first kappa shape index (κ1) is 58.0. The number of hydrogen-bond donors (Lipinski definition) is 1. The molecule has 0 heterocycles. The van der Waals surface area contributed by atoms with E-state index in [1.165, 1.54) is 325 Å². The van der Waals surface area contributed by atoms with Gasteiger partial charge in [-0.2, -0.15) is 0 Å². The summed E-state index contributed by atoms with van der Waals surface area (Å²) in [7, 11) is 0. The second-order valence-corrected chi connectivity index (χ2v) is 20.4. The Bertz CT molecular complexity index is 980. The number of phenolic OH excluding ortho intramolecular Hbond substituents is 1. The van der Waals surface area contributed by atoms with E-state index in [9.17, 15) is 5.11 Å². The van der Waals surface area contributed by atoms with Gasteiger partial charge in [0.1, 0.15) is 5.75 Å². The van der Waals surface area contributed by atoms with Crippen molar-refractivity contribution in [3.63, 3.8) is 0 Å². The summed E-state index contributed by atoms with van der Waals surface area (Å²) in [5, 5.41) is 11.4. The summed E-state index contributed by atoms with van der Waals surface area (Å²) in [6, 6.07) is 4.68. The standard InChI is InChI=1S/C60H114O/c1-4-7-10-13-16-19-22-25-28-31-34-37-40-43-46-49-52-57-55-58(53-50-47-44-41-38-35-32-29-26-23-20-17-14-11-8-5-2)59(60(61)56-57)54-51-48-45-42-39-36-33-30-27-24-21-18-15-12-9-6-3/h55-56,61H,4-54H2,1-3H3. The van der Waals surface area contributed by atoms with E-state index in [-0.39, 0.29) is 0 Å². The van der Waals surface area contributed by atoms with Crippen LogP contribution in [0.5, 0.6) is 5.75 Å². The van der Waals surface area contributed by atoms with Crippen LogP contribution < -0.4 is 0 Å². The van der Waals surface area contributed by atoms with E-state index in [0.717, 1.165) is 19.3 Å². The first-order valence-electron chi connectivity index (χ1n) is 29.1. The average molecular weight is 852 g/mol. The van der Waals surface area contributed by atoms with Crippen molar-refractivity contribution in [2.24, 2.45) is 0 Å². The van der Waals surface area contributed by atoms with Crippen molar-refractivity contribution in [3.8, 4) is 5.75 Å². The summed E-state index contributed by atoms with van der Waals surface area (Å²) in [6.07, 6.45) is 71.4. The molecule has 0 unspecified atom stereocenters. The van der Waals surface area contributed by atoms with Gasteiger partial charge in [-0.1, -0.05) is 316 Å². The maximum Gasteiger partial charge on any atom is 0.119 e. The molecule has 1 nitrogen and oxygen atoms in total. The number of benzene rings is 1. The molecule has 0 aliphatic rings. The van der Waals surface area contributed by atoms with Crippen molar-refractivity contribution in [1.29, 1.82) is 0 Å². The van der Waals surface area contributed by atoms with Crippen LogP contribution >= 0.6 is 0 Å². The Morgan fingerprint density at radius 3 is 0.721 bits per heavy atom. The largest absolute Gasteiger partial charge is 0.508 e. The highest BCUT2D eigenvalue weighted by Crippen LogP contribution is 2.29. The third kappa shape index (κ3) is 40.3. The van der Waals surface area contributed by atoms with E-state index in [4.69, 9.17) is 0 Å². The van der Waals surface area contributed by atoms with E-state index in [1.807, 2.05) is 0 Å². The minimum Gasteiger partial charge on any atom is -0.508 e. The first-order valence-corrected chi connectivity index (χ1v) is 29.1. The zero-order valence-electron chi connectivity index (χ0n) is 42.7. The van der Waals surface area contributed by atoms with E-state index in [1.54, 1.807) is 0 Å². The van der Waals surface area contributed by atoms with Gasteiger partial charge in [-0.3, -0.25) is 0 Å². The molecule has 1 aromatic carbocycles. The molecule has 1 heteroatoms. The van der Waals surface area contributed by atoms with Crippen LogP contribution in [0, 0.1) is 0 Å². The Hall–Kier alpha value is -0.980. The predicted octanol–water partition coefficient (Wildman–Crippen LogP) is 21.8. The zero-order valence-corrected chi connectivity index (χ0v) is 42.7. The summed E-state index contributed by atoms with van der Waals surface area (Å²) >= 11 is 0. The van der Waals surface area contributed by atoms with Crippen molar-refractivity contribution in [3.05, 3.63) is 28.8 Å². The molecular weight excluding hydrogens is 737 g/mol. The van der Waals surface area contributed by atoms with Crippen LogP contribution in [0.25, 0.3) is 0 Å². The number of aromatic hydroxyl groups is 1. The zero-order chi connectivity index (χ0) is 43.8. The monoisotopic (exact) mass is 851 g/mol. The lowest BCUT2D eigenvalue weighted by Gasteiger charge is -2.15. The molecule has 1 N–H and O–H groups in total. The van der Waals surface area contributed by atoms with E-state index in [2.05, 4.69) is 32.9 Å². The molecule has 0 amide bonds. The van der Waals surface area contributed by atoms with Crippen LogP contribution in [0.3, 0.4) is 0 Å². The van der Waals surface area contributed by atoms with Crippen LogP contribution in [0.4, 0.5) is 0 Å². The smallest absolute Gasteiger partial charge is 0.119 e. The molecule has 0 aromatic heterocycles.